The van der Waals surface area contributed by atoms with E-state index in [2.05, 4.69) is 0 Å². The van der Waals surface area contributed by atoms with Crippen LogP contribution in [0, 0.1) is 11.8 Å². The lowest BCUT2D eigenvalue weighted by Crippen LogP contribution is -2.52. The number of benzene rings is 1. The molecule has 4 rings (SSSR count). The van der Waals surface area contributed by atoms with Crippen LogP contribution in [0.4, 0.5) is 5.69 Å². The van der Waals surface area contributed by atoms with Crippen molar-refractivity contribution in [3.8, 4) is 11.5 Å². The second-order valence-corrected chi connectivity index (χ2v) is 8.54. The summed E-state index contributed by atoms with van der Waals surface area (Å²) in [6.07, 6.45) is 0.745. The average molecular weight is 415 g/mol. The molecule has 8 heteroatoms. The number of nitrogens with zero attached hydrogens (tertiary/aromatic N) is 3. The molecule has 0 bridgehead atoms. The second kappa shape index (κ2) is 8.53. The fraction of sp³-hybridized carbons (Fsp3) is 0.591. The monoisotopic (exact) mass is 415 g/mol. The van der Waals surface area contributed by atoms with Gasteiger partial charge in [0.15, 0.2) is 11.5 Å². The normalized spacial score (nSPS) is 21.4. The first-order valence-electron chi connectivity index (χ1n) is 10.7. The Bertz CT molecular complexity index is 832. The first-order chi connectivity index (χ1) is 14.4. The average Bonchev–Trinajstić information content (AvgIpc) is 3.14. The summed E-state index contributed by atoms with van der Waals surface area (Å²) in [7, 11) is 0. The lowest BCUT2D eigenvalue weighted by Gasteiger charge is -2.36. The van der Waals surface area contributed by atoms with Crippen molar-refractivity contribution in [2.24, 2.45) is 11.8 Å². The van der Waals surface area contributed by atoms with E-state index < -0.39 is 0 Å². The van der Waals surface area contributed by atoms with Gasteiger partial charge in [0.2, 0.25) is 17.7 Å². The number of rotatable bonds is 4. The Morgan fingerprint density at radius 3 is 2.40 bits per heavy atom. The maximum absolute atomic E-state index is 13.0. The highest BCUT2D eigenvalue weighted by Crippen LogP contribution is 2.36. The highest BCUT2D eigenvalue weighted by Gasteiger charge is 2.38. The maximum Gasteiger partial charge on any atom is 0.228 e. The van der Waals surface area contributed by atoms with Crippen LogP contribution in [0.15, 0.2) is 18.2 Å². The number of hydrogen-bond acceptors (Lipinski definition) is 5. The molecule has 0 saturated carbocycles. The number of carbonyl (C=O) groups is 3. The van der Waals surface area contributed by atoms with E-state index in [1.54, 1.807) is 21.9 Å². The Kier molecular flexibility index (Phi) is 5.83. The molecule has 3 heterocycles. The van der Waals surface area contributed by atoms with Crippen molar-refractivity contribution in [3.05, 3.63) is 18.2 Å². The molecule has 3 aliphatic rings. The molecular formula is C22H29N3O5. The van der Waals surface area contributed by atoms with E-state index in [0.717, 1.165) is 5.69 Å². The van der Waals surface area contributed by atoms with Gasteiger partial charge in [-0.15, -0.1) is 0 Å². The summed E-state index contributed by atoms with van der Waals surface area (Å²) >= 11 is 0. The first kappa shape index (κ1) is 20.5. The van der Waals surface area contributed by atoms with Crippen molar-refractivity contribution in [1.82, 2.24) is 9.80 Å². The lowest BCUT2D eigenvalue weighted by molar-refractivity contribution is -0.142. The van der Waals surface area contributed by atoms with E-state index in [9.17, 15) is 14.4 Å². The molecule has 0 aliphatic carbocycles. The highest BCUT2D eigenvalue weighted by molar-refractivity contribution is 6.00. The number of hydrogen-bond donors (Lipinski definition) is 0. The van der Waals surface area contributed by atoms with Crippen LogP contribution >= 0.6 is 0 Å². The smallest absolute Gasteiger partial charge is 0.228 e. The summed E-state index contributed by atoms with van der Waals surface area (Å²) < 4.78 is 11.1. The number of amides is 3. The molecule has 8 nitrogen and oxygen atoms in total. The lowest BCUT2D eigenvalue weighted by atomic mass is 10.1. The second-order valence-electron chi connectivity index (χ2n) is 8.54. The van der Waals surface area contributed by atoms with Crippen LogP contribution in [0.25, 0.3) is 0 Å². The van der Waals surface area contributed by atoms with Crippen LogP contribution < -0.4 is 14.4 Å². The predicted octanol–water partition coefficient (Wildman–Crippen LogP) is 1.53. The van der Waals surface area contributed by atoms with Crippen molar-refractivity contribution in [1.29, 1.82) is 0 Å². The van der Waals surface area contributed by atoms with E-state index >= 15 is 0 Å². The third-order valence-corrected chi connectivity index (χ3v) is 5.84. The highest BCUT2D eigenvalue weighted by atomic mass is 16.6. The molecule has 1 unspecified atom stereocenters. The van der Waals surface area contributed by atoms with E-state index in [1.165, 1.54) is 0 Å². The molecular weight excluding hydrogens is 386 g/mol. The molecule has 1 aromatic rings. The van der Waals surface area contributed by atoms with Crippen LogP contribution in [0.5, 0.6) is 11.5 Å². The molecule has 2 fully saturated rings. The maximum atomic E-state index is 13.0. The van der Waals surface area contributed by atoms with Crippen LogP contribution in [0.2, 0.25) is 0 Å². The Balaban J connectivity index is 1.35. The molecule has 0 aromatic heterocycles. The SMILES string of the molecule is CC(C)CC(=O)N1CCN(C(=O)C2CC(=O)N(c3ccc4c(c3)OCCO4)C2)CC1. The Morgan fingerprint density at radius 2 is 1.70 bits per heavy atom. The summed E-state index contributed by atoms with van der Waals surface area (Å²) in [5.41, 5.74) is 0.726. The van der Waals surface area contributed by atoms with Crippen molar-refractivity contribution in [2.45, 2.75) is 26.7 Å². The van der Waals surface area contributed by atoms with Crippen LogP contribution in [-0.4, -0.2) is 73.5 Å². The van der Waals surface area contributed by atoms with E-state index in [4.69, 9.17) is 9.47 Å². The Morgan fingerprint density at radius 1 is 1.03 bits per heavy atom. The van der Waals surface area contributed by atoms with Gasteiger partial charge in [0, 0.05) is 57.3 Å². The third-order valence-electron chi connectivity index (χ3n) is 5.84. The molecule has 1 aromatic carbocycles. The molecule has 0 spiro atoms. The molecule has 3 aliphatic heterocycles. The predicted molar refractivity (Wildman–Crippen MR) is 111 cm³/mol. The first-order valence-corrected chi connectivity index (χ1v) is 10.7. The van der Waals surface area contributed by atoms with Crippen LogP contribution in [0.1, 0.15) is 26.7 Å². The van der Waals surface area contributed by atoms with Gasteiger partial charge in [0.25, 0.3) is 0 Å². The minimum absolute atomic E-state index is 0.000600. The number of fused-ring (bicyclic) bond motifs is 1. The quantitative estimate of drug-likeness (QED) is 0.745. The molecule has 0 N–H and O–H groups in total. The minimum atomic E-state index is -0.358. The van der Waals surface area contributed by atoms with E-state index in [0.29, 0.717) is 69.8 Å². The van der Waals surface area contributed by atoms with Gasteiger partial charge in [0.05, 0.1) is 5.92 Å². The molecule has 1 atom stereocenters. The zero-order valence-electron chi connectivity index (χ0n) is 17.6. The van der Waals surface area contributed by atoms with Crippen molar-refractivity contribution in [3.63, 3.8) is 0 Å². The van der Waals surface area contributed by atoms with Gasteiger partial charge >= 0.3 is 0 Å². The standard InChI is InChI=1S/C22H29N3O5/c1-15(2)11-20(26)23-5-7-24(8-6-23)22(28)16-12-21(27)25(14-16)17-3-4-18-19(13-17)30-10-9-29-18/h3-4,13,15-16H,5-12,14H2,1-2H3. The van der Waals surface area contributed by atoms with E-state index in [1.807, 2.05) is 24.8 Å². The molecule has 162 valence electrons. The van der Waals surface area contributed by atoms with Gasteiger partial charge in [-0.1, -0.05) is 13.8 Å². The Labute approximate surface area is 176 Å². The summed E-state index contributed by atoms with van der Waals surface area (Å²) in [4.78, 5) is 43.2. The fourth-order valence-corrected chi connectivity index (χ4v) is 4.24. The van der Waals surface area contributed by atoms with E-state index in [-0.39, 0.29) is 30.1 Å². The van der Waals surface area contributed by atoms with Crippen molar-refractivity contribution >= 4 is 23.4 Å². The topological polar surface area (TPSA) is 79.4 Å². The summed E-state index contributed by atoms with van der Waals surface area (Å²) in [6.45, 7) is 7.59. The molecule has 3 amide bonds. The van der Waals surface area contributed by atoms with Crippen LogP contribution in [-0.2, 0) is 14.4 Å². The number of anilines is 1. The molecule has 0 radical (unpaired) electrons. The molecule has 30 heavy (non-hydrogen) atoms. The van der Waals surface area contributed by atoms with Gasteiger partial charge < -0.3 is 24.2 Å². The number of ether oxygens (including phenoxy) is 2. The zero-order valence-corrected chi connectivity index (χ0v) is 17.6. The van der Waals surface area contributed by atoms with Gasteiger partial charge in [-0.05, 0) is 18.1 Å². The van der Waals surface area contributed by atoms with Crippen molar-refractivity contribution in [2.75, 3.05) is 50.8 Å². The van der Waals surface area contributed by atoms with Crippen LogP contribution in [0.3, 0.4) is 0 Å². The zero-order chi connectivity index (χ0) is 21.3. The Hall–Kier alpha value is -2.77. The van der Waals surface area contributed by atoms with Gasteiger partial charge in [-0.2, -0.15) is 0 Å². The van der Waals surface area contributed by atoms with Gasteiger partial charge in [-0.25, -0.2) is 0 Å². The summed E-state index contributed by atoms with van der Waals surface area (Å²) in [6, 6.07) is 5.44. The number of piperazine rings is 1. The third kappa shape index (κ3) is 4.22. The molecule has 2 saturated heterocycles. The minimum Gasteiger partial charge on any atom is -0.486 e. The van der Waals surface area contributed by atoms with Gasteiger partial charge in [0.1, 0.15) is 13.2 Å². The fourth-order valence-electron chi connectivity index (χ4n) is 4.24. The summed E-state index contributed by atoms with van der Waals surface area (Å²) in [5.74, 6) is 1.36. The number of carbonyl (C=O) groups excluding carboxylic acids is 3. The summed E-state index contributed by atoms with van der Waals surface area (Å²) in [5, 5.41) is 0. The largest absolute Gasteiger partial charge is 0.486 e. The van der Waals surface area contributed by atoms with Gasteiger partial charge in [-0.3, -0.25) is 14.4 Å². The van der Waals surface area contributed by atoms with Crippen molar-refractivity contribution < 1.29 is 23.9 Å².